The molecule has 0 atom stereocenters. The minimum Gasteiger partial charge on any atom is -0.286 e. The molecule has 3 nitrogen and oxygen atoms in total. The lowest BCUT2D eigenvalue weighted by molar-refractivity contribution is 0.0859. The van der Waals surface area contributed by atoms with Crippen LogP contribution in [-0.2, 0) is 0 Å². The van der Waals surface area contributed by atoms with Gasteiger partial charge in [-0.3, -0.25) is 9.69 Å². The first-order valence-electron chi connectivity index (χ1n) is 6.78. The van der Waals surface area contributed by atoms with Crippen molar-refractivity contribution >= 4 is 63.3 Å². The third-order valence-corrected chi connectivity index (χ3v) is 5.19. The maximum absolute atomic E-state index is 12.6. The molecule has 0 aromatic heterocycles. The smallest absolute Gasteiger partial charge is 0.259 e. The normalized spacial score (nSPS) is 16.1. The van der Waals surface area contributed by atoms with E-state index < -0.39 is 0 Å². The number of hydrogen-bond donors (Lipinski definition) is 0. The first-order valence-corrected chi connectivity index (χ1v) is 8.90. The van der Waals surface area contributed by atoms with Gasteiger partial charge in [-0.05, 0) is 42.5 Å². The predicted molar refractivity (Wildman–Crippen MR) is 98.5 cm³/mol. The number of amides is 1. The van der Waals surface area contributed by atoms with E-state index in [0.717, 1.165) is 5.75 Å². The summed E-state index contributed by atoms with van der Waals surface area (Å²) in [6, 6.07) is 12.0. The molecule has 0 bridgehead atoms. The average Bonchev–Trinajstić information content (AvgIpc) is 2.99. The zero-order valence-corrected chi connectivity index (χ0v) is 14.9. The summed E-state index contributed by atoms with van der Waals surface area (Å²) < 4.78 is 0. The number of thioether (sulfide) groups is 1. The van der Waals surface area contributed by atoms with Crippen LogP contribution in [0.4, 0.5) is 5.69 Å². The Kier molecular flexibility index (Phi) is 5.17. The van der Waals surface area contributed by atoms with Gasteiger partial charge in [-0.15, -0.1) is 0 Å². The van der Waals surface area contributed by atoms with E-state index in [9.17, 15) is 4.79 Å². The Labute approximate surface area is 153 Å². The predicted octanol–water partition coefficient (Wildman–Crippen LogP) is 5.52. The number of rotatable bonds is 2. The van der Waals surface area contributed by atoms with Gasteiger partial charge in [-0.25, -0.2) is 4.99 Å². The van der Waals surface area contributed by atoms with Crippen LogP contribution < -0.4 is 0 Å². The highest BCUT2D eigenvalue weighted by Gasteiger charge is 2.26. The largest absolute Gasteiger partial charge is 0.286 e. The molecule has 1 aliphatic rings. The minimum atomic E-state index is -0.0922. The standard InChI is InChI=1S/C16H11Cl3N2OS/c17-11-3-1-10(2-4-11)15(22)21-7-8-23-16(21)20-12-5-6-13(18)14(19)9-12/h1-6,9H,7-8H2. The van der Waals surface area contributed by atoms with E-state index in [-0.39, 0.29) is 5.91 Å². The highest BCUT2D eigenvalue weighted by atomic mass is 35.5. The molecular formula is C16H11Cl3N2OS. The molecule has 0 unspecified atom stereocenters. The summed E-state index contributed by atoms with van der Waals surface area (Å²) >= 11 is 19.3. The van der Waals surface area contributed by atoms with Gasteiger partial charge in [0.15, 0.2) is 5.17 Å². The summed E-state index contributed by atoms with van der Waals surface area (Å²) in [7, 11) is 0. The molecule has 0 aliphatic carbocycles. The van der Waals surface area contributed by atoms with Crippen molar-refractivity contribution in [3.8, 4) is 0 Å². The molecule has 118 valence electrons. The van der Waals surface area contributed by atoms with Gasteiger partial charge >= 0.3 is 0 Å². The van der Waals surface area contributed by atoms with Crippen molar-refractivity contribution in [3.63, 3.8) is 0 Å². The Morgan fingerprint density at radius 1 is 1.04 bits per heavy atom. The second kappa shape index (κ2) is 7.14. The molecule has 3 rings (SSSR count). The molecule has 2 aromatic rings. The van der Waals surface area contributed by atoms with E-state index >= 15 is 0 Å². The lowest BCUT2D eigenvalue weighted by Gasteiger charge is -2.16. The second-order valence-corrected chi connectivity index (χ2v) is 7.12. The quantitative estimate of drug-likeness (QED) is 0.681. The molecule has 1 amide bonds. The Hall–Kier alpha value is -1.20. The van der Waals surface area contributed by atoms with Crippen molar-refractivity contribution in [2.75, 3.05) is 12.3 Å². The molecule has 0 saturated carbocycles. The maximum Gasteiger partial charge on any atom is 0.259 e. The Morgan fingerprint density at radius 2 is 1.78 bits per heavy atom. The van der Waals surface area contributed by atoms with Crippen LogP contribution in [0.2, 0.25) is 15.1 Å². The number of benzene rings is 2. The maximum atomic E-state index is 12.6. The van der Waals surface area contributed by atoms with Gasteiger partial charge in [0.1, 0.15) is 0 Å². The molecule has 0 N–H and O–H groups in total. The monoisotopic (exact) mass is 384 g/mol. The number of halogens is 3. The van der Waals surface area contributed by atoms with Gasteiger partial charge in [0, 0.05) is 22.9 Å². The third kappa shape index (κ3) is 3.83. The van der Waals surface area contributed by atoms with Crippen LogP contribution in [0.1, 0.15) is 10.4 Å². The molecule has 1 fully saturated rings. The first-order chi connectivity index (χ1) is 11.0. The highest BCUT2D eigenvalue weighted by molar-refractivity contribution is 8.14. The minimum absolute atomic E-state index is 0.0922. The van der Waals surface area contributed by atoms with Crippen LogP contribution in [-0.4, -0.2) is 28.3 Å². The fourth-order valence-corrected chi connectivity index (χ4v) is 3.47. The Balaban J connectivity index is 1.87. The molecule has 1 heterocycles. The zero-order valence-electron chi connectivity index (χ0n) is 11.8. The molecule has 0 spiro atoms. The van der Waals surface area contributed by atoms with E-state index in [1.165, 1.54) is 11.8 Å². The lowest BCUT2D eigenvalue weighted by Crippen LogP contribution is -2.31. The van der Waals surface area contributed by atoms with Gasteiger partial charge in [0.2, 0.25) is 0 Å². The molecule has 2 aromatic carbocycles. The van der Waals surface area contributed by atoms with E-state index in [0.29, 0.717) is 38.0 Å². The fraction of sp³-hybridized carbons (Fsp3) is 0.125. The van der Waals surface area contributed by atoms with Gasteiger partial charge in [-0.2, -0.15) is 0 Å². The van der Waals surface area contributed by atoms with Crippen molar-refractivity contribution in [3.05, 3.63) is 63.1 Å². The van der Waals surface area contributed by atoms with E-state index in [1.54, 1.807) is 47.4 Å². The third-order valence-electron chi connectivity index (χ3n) is 3.24. The molecule has 23 heavy (non-hydrogen) atoms. The van der Waals surface area contributed by atoms with Crippen LogP contribution in [0.5, 0.6) is 0 Å². The van der Waals surface area contributed by atoms with E-state index in [1.807, 2.05) is 0 Å². The van der Waals surface area contributed by atoms with Crippen molar-refractivity contribution in [1.29, 1.82) is 0 Å². The summed E-state index contributed by atoms with van der Waals surface area (Å²) in [5, 5.41) is 2.17. The molecule has 7 heteroatoms. The highest BCUT2D eigenvalue weighted by Crippen LogP contribution is 2.29. The number of hydrogen-bond acceptors (Lipinski definition) is 3. The number of nitrogens with zero attached hydrogens (tertiary/aromatic N) is 2. The fourth-order valence-electron chi connectivity index (χ4n) is 2.10. The molecule has 1 saturated heterocycles. The van der Waals surface area contributed by atoms with Crippen LogP contribution in [0, 0.1) is 0 Å². The summed E-state index contributed by atoms with van der Waals surface area (Å²) in [5.74, 6) is 0.713. The summed E-state index contributed by atoms with van der Waals surface area (Å²) in [5.41, 5.74) is 1.25. The SMILES string of the molecule is O=C(c1ccc(Cl)cc1)N1CCSC1=Nc1ccc(Cl)c(Cl)c1. The zero-order chi connectivity index (χ0) is 16.4. The van der Waals surface area contributed by atoms with Crippen molar-refractivity contribution in [1.82, 2.24) is 4.90 Å². The van der Waals surface area contributed by atoms with Crippen LogP contribution in [0.25, 0.3) is 0 Å². The van der Waals surface area contributed by atoms with Crippen molar-refractivity contribution in [2.45, 2.75) is 0 Å². The molecular weight excluding hydrogens is 375 g/mol. The Bertz CT molecular complexity index is 777. The number of carbonyl (C=O) groups excluding carboxylic acids is 1. The van der Waals surface area contributed by atoms with Gasteiger partial charge in [-0.1, -0.05) is 46.6 Å². The first kappa shape index (κ1) is 16.7. The van der Waals surface area contributed by atoms with Crippen LogP contribution >= 0.6 is 46.6 Å². The summed E-state index contributed by atoms with van der Waals surface area (Å²) in [6.07, 6.45) is 0. The topological polar surface area (TPSA) is 32.7 Å². The number of amidine groups is 1. The number of carbonyl (C=O) groups is 1. The molecule has 1 aliphatic heterocycles. The summed E-state index contributed by atoms with van der Waals surface area (Å²) in [4.78, 5) is 18.8. The van der Waals surface area contributed by atoms with Crippen LogP contribution in [0.15, 0.2) is 47.5 Å². The van der Waals surface area contributed by atoms with Gasteiger partial charge < -0.3 is 0 Å². The van der Waals surface area contributed by atoms with Crippen LogP contribution in [0.3, 0.4) is 0 Å². The average molecular weight is 386 g/mol. The summed E-state index contributed by atoms with van der Waals surface area (Å²) in [6.45, 7) is 0.617. The second-order valence-electron chi connectivity index (χ2n) is 4.80. The van der Waals surface area contributed by atoms with Gasteiger partial charge in [0.25, 0.3) is 5.91 Å². The van der Waals surface area contributed by atoms with E-state index in [4.69, 9.17) is 34.8 Å². The lowest BCUT2D eigenvalue weighted by atomic mass is 10.2. The van der Waals surface area contributed by atoms with Crippen molar-refractivity contribution < 1.29 is 4.79 Å². The number of aliphatic imine (C=N–C) groups is 1. The van der Waals surface area contributed by atoms with Gasteiger partial charge in [0.05, 0.1) is 15.7 Å². The van der Waals surface area contributed by atoms with E-state index in [2.05, 4.69) is 4.99 Å². The Morgan fingerprint density at radius 3 is 2.48 bits per heavy atom. The molecule has 0 radical (unpaired) electrons. The van der Waals surface area contributed by atoms with Crippen molar-refractivity contribution in [2.24, 2.45) is 4.99 Å².